The molecule has 2 aromatic carbocycles. The normalized spacial score (nSPS) is 16.9. The standard InChI is InChI=1S/C21H22N4O2/c1-25-19(15-5-3-2-4-6-15)13-18(24-25)21(26)23-17-9-7-16(8-10-17)20-14-22-11-12-27-20/h2-10,13,20,22H,11-12,14H2,1H3,(H,23,26). The second-order valence-corrected chi connectivity index (χ2v) is 6.54. The number of ether oxygens (including phenoxy) is 1. The Kier molecular flexibility index (Phi) is 5.00. The van der Waals surface area contributed by atoms with Gasteiger partial charge in [0.15, 0.2) is 5.69 Å². The Labute approximate surface area is 158 Å². The molecule has 1 aromatic heterocycles. The van der Waals surface area contributed by atoms with Gasteiger partial charge in [-0.05, 0) is 29.3 Å². The first-order chi connectivity index (χ1) is 13.2. The molecule has 1 fully saturated rings. The Balaban J connectivity index is 1.46. The molecule has 0 saturated carbocycles. The monoisotopic (exact) mass is 362 g/mol. The van der Waals surface area contributed by atoms with E-state index in [0.717, 1.165) is 35.6 Å². The number of hydrogen-bond donors (Lipinski definition) is 2. The van der Waals surface area contributed by atoms with E-state index in [1.807, 2.05) is 61.6 Å². The molecule has 4 rings (SSSR count). The van der Waals surface area contributed by atoms with Crippen LogP contribution in [-0.2, 0) is 11.8 Å². The molecule has 2 heterocycles. The SMILES string of the molecule is Cn1nc(C(=O)Nc2ccc(C3CNCCO3)cc2)cc1-c1ccccc1. The average Bonchev–Trinajstić information content (AvgIpc) is 3.12. The van der Waals surface area contributed by atoms with E-state index in [2.05, 4.69) is 15.7 Å². The number of aromatic nitrogens is 2. The Bertz CT molecular complexity index is 913. The van der Waals surface area contributed by atoms with E-state index in [1.165, 1.54) is 0 Å². The molecule has 1 aliphatic heterocycles. The molecule has 27 heavy (non-hydrogen) atoms. The molecule has 6 nitrogen and oxygen atoms in total. The smallest absolute Gasteiger partial charge is 0.276 e. The summed E-state index contributed by atoms with van der Waals surface area (Å²) in [7, 11) is 1.84. The van der Waals surface area contributed by atoms with Gasteiger partial charge >= 0.3 is 0 Å². The van der Waals surface area contributed by atoms with Crippen LogP contribution in [0.25, 0.3) is 11.3 Å². The van der Waals surface area contributed by atoms with Crippen LogP contribution in [-0.4, -0.2) is 35.4 Å². The molecule has 1 aliphatic rings. The number of hydrogen-bond acceptors (Lipinski definition) is 4. The highest BCUT2D eigenvalue weighted by molar-refractivity contribution is 6.03. The van der Waals surface area contributed by atoms with Gasteiger partial charge in [0.2, 0.25) is 0 Å². The van der Waals surface area contributed by atoms with Crippen LogP contribution in [0.2, 0.25) is 0 Å². The number of nitrogens with zero attached hydrogens (tertiary/aromatic N) is 2. The van der Waals surface area contributed by atoms with Crippen molar-refractivity contribution in [3.8, 4) is 11.3 Å². The quantitative estimate of drug-likeness (QED) is 0.749. The molecule has 2 N–H and O–H groups in total. The van der Waals surface area contributed by atoms with Gasteiger partial charge < -0.3 is 15.4 Å². The molecule has 138 valence electrons. The Hall–Kier alpha value is -2.96. The van der Waals surface area contributed by atoms with Crippen molar-refractivity contribution in [2.75, 3.05) is 25.0 Å². The van der Waals surface area contributed by atoms with Gasteiger partial charge in [-0.2, -0.15) is 5.10 Å². The summed E-state index contributed by atoms with van der Waals surface area (Å²) in [5.74, 6) is -0.226. The molecule has 1 amide bonds. The number of nitrogens with one attached hydrogen (secondary N) is 2. The maximum atomic E-state index is 12.6. The highest BCUT2D eigenvalue weighted by atomic mass is 16.5. The van der Waals surface area contributed by atoms with Gasteiger partial charge in [-0.3, -0.25) is 9.48 Å². The van der Waals surface area contributed by atoms with Crippen LogP contribution < -0.4 is 10.6 Å². The number of anilines is 1. The first kappa shape index (κ1) is 17.5. The molecule has 1 unspecified atom stereocenters. The first-order valence-corrected chi connectivity index (χ1v) is 9.04. The lowest BCUT2D eigenvalue weighted by molar-refractivity contribution is 0.0277. The number of benzene rings is 2. The molecule has 3 aromatic rings. The van der Waals surface area contributed by atoms with Crippen LogP contribution in [0, 0.1) is 0 Å². The molecule has 1 saturated heterocycles. The number of amides is 1. The summed E-state index contributed by atoms with van der Waals surface area (Å²) in [6, 6.07) is 19.5. The maximum Gasteiger partial charge on any atom is 0.276 e. The number of morpholine rings is 1. The van der Waals surface area contributed by atoms with E-state index in [4.69, 9.17) is 4.74 Å². The van der Waals surface area contributed by atoms with Crippen LogP contribution in [0.1, 0.15) is 22.2 Å². The van der Waals surface area contributed by atoms with Crippen molar-refractivity contribution in [3.63, 3.8) is 0 Å². The van der Waals surface area contributed by atoms with Crippen molar-refractivity contribution in [1.82, 2.24) is 15.1 Å². The zero-order valence-corrected chi connectivity index (χ0v) is 15.2. The minimum Gasteiger partial charge on any atom is -0.371 e. The molecular weight excluding hydrogens is 340 g/mol. The van der Waals surface area contributed by atoms with E-state index in [0.29, 0.717) is 12.3 Å². The molecule has 6 heteroatoms. The van der Waals surface area contributed by atoms with E-state index in [-0.39, 0.29) is 12.0 Å². The third kappa shape index (κ3) is 3.92. The Morgan fingerprint density at radius 2 is 1.96 bits per heavy atom. The third-order valence-corrected chi connectivity index (χ3v) is 4.65. The number of carbonyl (C=O) groups is 1. The average molecular weight is 362 g/mol. The summed E-state index contributed by atoms with van der Waals surface area (Å²) in [5.41, 5.74) is 4.15. The second-order valence-electron chi connectivity index (χ2n) is 6.54. The largest absolute Gasteiger partial charge is 0.371 e. The third-order valence-electron chi connectivity index (χ3n) is 4.65. The lowest BCUT2D eigenvalue weighted by atomic mass is 10.1. The van der Waals surface area contributed by atoms with Crippen molar-refractivity contribution >= 4 is 11.6 Å². The fourth-order valence-corrected chi connectivity index (χ4v) is 3.21. The zero-order chi connectivity index (χ0) is 18.6. The summed E-state index contributed by atoms with van der Waals surface area (Å²) >= 11 is 0. The zero-order valence-electron chi connectivity index (χ0n) is 15.2. The summed E-state index contributed by atoms with van der Waals surface area (Å²) in [5, 5.41) is 10.6. The minimum atomic E-state index is -0.226. The topological polar surface area (TPSA) is 68.2 Å². The van der Waals surface area contributed by atoms with Crippen molar-refractivity contribution in [2.24, 2.45) is 7.05 Å². The van der Waals surface area contributed by atoms with Crippen molar-refractivity contribution in [2.45, 2.75) is 6.10 Å². The number of aryl methyl sites for hydroxylation is 1. The predicted octanol–water partition coefficient (Wildman–Crippen LogP) is 3.00. The fourth-order valence-electron chi connectivity index (χ4n) is 3.21. The Morgan fingerprint density at radius 1 is 1.19 bits per heavy atom. The van der Waals surface area contributed by atoms with Gasteiger partial charge in [0.1, 0.15) is 0 Å². The van der Waals surface area contributed by atoms with Crippen LogP contribution >= 0.6 is 0 Å². The van der Waals surface area contributed by atoms with Gasteiger partial charge in [-0.25, -0.2) is 0 Å². The van der Waals surface area contributed by atoms with E-state index in [1.54, 1.807) is 10.7 Å². The summed E-state index contributed by atoms with van der Waals surface area (Å²) in [6.07, 6.45) is 0.0627. The predicted molar refractivity (Wildman–Crippen MR) is 105 cm³/mol. The van der Waals surface area contributed by atoms with Gasteiger partial charge in [0.05, 0.1) is 18.4 Å². The lowest BCUT2D eigenvalue weighted by Gasteiger charge is -2.24. The van der Waals surface area contributed by atoms with Gasteiger partial charge in [0, 0.05) is 25.8 Å². The molecular formula is C21H22N4O2. The fraction of sp³-hybridized carbons (Fsp3) is 0.238. The first-order valence-electron chi connectivity index (χ1n) is 9.04. The minimum absolute atomic E-state index is 0.0627. The van der Waals surface area contributed by atoms with Crippen molar-refractivity contribution in [1.29, 1.82) is 0 Å². The van der Waals surface area contributed by atoms with E-state index in [9.17, 15) is 4.79 Å². The summed E-state index contributed by atoms with van der Waals surface area (Å²) in [4.78, 5) is 12.6. The van der Waals surface area contributed by atoms with Crippen LogP contribution in [0.5, 0.6) is 0 Å². The van der Waals surface area contributed by atoms with Gasteiger partial charge in [0.25, 0.3) is 5.91 Å². The lowest BCUT2D eigenvalue weighted by Crippen LogP contribution is -2.33. The second kappa shape index (κ2) is 7.73. The maximum absolute atomic E-state index is 12.6. The molecule has 0 bridgehead atoms. The Morgan fingerprint density at radius 3 is 2.67 bits per heavy atom. The summed E-state index contributed by atoms with van der Waals surface area (Å²) in [6.45, 7) is 2.41. The van der Waals surface area contributed by atoms with Crippen molar-refractivity contribution < 1.29 is 9.53 Å². The van der Waals surface area contributed by atoms with E-state index >= 15 is 0 Å². The van der Waals surface area contributed by atoms with Crippen molar-refractivity contribution in [3.05, 3.63) is 71.9 Å². The summed E-state index contributed by atoms with van der Waals surface area (Å²) < 4.78 is 7.47. The highest BCUT2D eigenvalue weighted by Crippen LogP contribution is 2.22. The molecule has 0 spiro atoms. The molecule has 1 atom stereocenters. The highest BCUT2D eigenvalue weighted by Gasteiger charge is 2.17. The number of rotatable bonds is 4. The molecule has 0 aliphatic carbocycles. The van der Waals surface area contributed by atoms with Crippen LogP contribution in [0.3, 0.4) is 0 Å². The van der Waals surface area contributed by atoms with Gasteiger partial charge in [-0.15, -0.1) is 0 Å². The van der Waals surface area contributed by atoms with Gasteiger partial charge in [-0.1, -0.05) is 42.5 Å². The number of carbonyl (C=O) groups excluding carboxylic acids is 1. The van der Waals surface area contributed by atoms with Crippen LogP contribution in [0.4, 0.5) is 5.69 Å². The van der Waals surface area contributed by atoms with Crippen LogP contribution in [0.15, 0.2) is 60.7 Å². The van der Waals surface area contributed by atoms with E-state index < -0.39 is 0 Å². The molecule has 0 radical (unpaired) electrons.